The van der Waals surface area contributed by atoms with Gasteiger partial charge in [-0.25, -0.2) is 4.79 Å². The minimum absolute atomic E-state index is 0.0475. The second-order valence-corrected chi connectivity index (χ2v) is 7.96. The van der Waals surface area contributed by atoms with Crippen LogP contribution in [-0.2, 0) is 9.53 Å². The highest BCUT2D eigenvalue weighted by Gasteiger charge is 2.56. The molecule has 5 nitrogen and oxygen atoms in total. The third kappa shape index (κ3) is 3.27. The van der Waals surface area contributed by atoms with Crippen LogP contribution in [0.4, 0.5) is 5.69 Å². The molecule has 1 heterocycles. The molecule has 2 aliphatic rings. The van der Waals surface area contributed by atoms with E-state index in [4.69, 9.17) is 4.74 Å². The van der Waals surface area contributed by atoms with E-state index >= 15 is 0 Å². The summed E-state index contributed by atoms with van der Waals surface area (Å²) in [4.78, 5) is 26.0. The van der Waals surface area contributed by atoms with Gasteiger partial charge in [-0.2, -0.15) is 0 Å². The molecule has 1 aliphatic carbocycles. The number of esters is 1. The molecule has 2 fully saturated rings. The van der Waals surface area contributed by atoms with Gasteiger partial charge in [0.2, 0.25) is 0 Å². The van der Waals surface area contributed by atoms with E-state index in [1.807, 2.05) is 19.9 Å². The van der Waals surface area contributed by atoms with Crippen LogP contribution >= 0.6 is 0 Å². The van der Waals surface area contributed by atoms with Crippen LogP contribution in [0.25, 0.3) is 0 Å². The summed E-state index contributed by atoms with van der Waals surface area (Å²) in [6, 6.07) is 3.80. The molecular formula is C22H32N2O3. The highest BCUT2D eigenvalue weighted by molar-refractivity contribution is 6.05. The van der Waals surface area contributed by atoms with E-state index in [-0.39, 0.29) is 11.9 Å². The molecule has 1 aromatic carbocycles. The first kappa shape index (κ1) is 19.9. The monoisotopic (exact) mass is 372 g/mol. The van der Waals surface area contributed by atoms with Gasteiger partial charge in [0.1, 0.15) is 0 Å². The first-order valence-electron chi connectivity index (χ1n) is 10.2. The van der Waals surface area contributed by atoms with E-state index < -0.39 is 5.54 Å². The number of carbonyl (C=O) groups is 2. The first-order valence-corrected chi connectivity index (χ1v) is 10.2. The zero-order chi connectivity index (χ0) is 19.7. The second kappa shape index (κ2) is 7.63. The Bertz CT molecular complexity index is 731. The van der Waals surface area contributed by atoms with Crippen molar-refractivity contribution >= 4 is 17.6 Å². The molecule has 1 unspecified atom stereocenters. The van der Waals surface area contributed by atoms with E-state index in [1.165, 1.54) is 0 Å². The number of hydrogen-bond donors (Lipinski definition) is 1. The van der Waals surface area contributed by atoms with Crippen LogP contribution in [-0.4, -0.2) is 41.6 Å². The van der Waals surface area contributed by atoms with Crippen LogP contribution in [0, 0.1) is 20.4 Å². The van der Waals surface area contributed by atoms with Crippen molar-refractivity contribution in [3.8, 4) is 0 Å². The van der Waals surface area contributed by atoms with Crippen LogP contribution in [0.1, 0.15) is 67.4 Å². The van der Waals surface area contributed by atoms with Gasteiger partial charge in [0.25, 0.3) is 5.91 Å². The Kier molecular flexibility index (Phi) is 5.61. The summed E-state index contributed by atoms with van der Waals surface area (Å²) < 4.78 is 6.00. The van der Waals surface area contributed by atoms with Gasteiger partial charge in [-0.15, -0.1) is 13.0 Å². The molecule has 3 rings (SSSR count). The highest BCUT2D eigenvalue weighted by atomic mass is 16.5. The quantitative estimate of drug-likeness (QED) is 0.464. The molecule has 5 heteroatoms. The van der Waals surface area contributed by atoms with Crippen LogP contribution in [0.2, 0.25) is 0 Å². The van der Waals surface area contributed by atoms with Gasteiger partial charge in [0, 0.05) is 12.8 Å². The minimum Gasteiger partial charge on any atom is -0.462 e. The molecule has 1 aliphatic heterocycles. The average molecular weight is 373 g/mol. The molecule has 0 spiro atoms. The zero-order valence-corrected chi connectivity index (χ0v) is 17.1. The first-order chi connectivity index (χ1) is 12.9. The maximum absolute atomic E-state index is 13.5. The Morgan fingerprint density at radius 3 is 2.48 bits per heavy atom. The van der Waals surface area contributed by atoms with Crippen molar-refractivity contribution in [2.75, 3.05) is 25.0 Å². The van der Waals surface area contributed by atoms with Crippen molar-refractivity contribution in [2.45, 2.75) is 65.3 Å². The molecule has 27 heavy (non-hydrogen) atoms. The lowest BCUT2D eigenvalue weighted by Gasteiger charge is -2.60. The molecule has 1 aromatic rings. The summed E-state index contributed by atoms with van der Waals surface area (Å²) in [7, 11) is 0. The van der Waals surface area contributed by atoms with Gasteiger partial charge in [-0.05, 0) is 57.7 Å². The Balaban J connectivity index is 1.95. The summed E-state index contributed by atoms with van der Waals surface area (Å²) in [6.07, 6.45) is 5.10. The highest BCUT2D eigenvalue weighted by Crippen LogP contribution is 2.48. The van der Waals surface area contributed by atoms with Crippen molar-refractivity contribution in [3.05, 3.63) is 35.4 Å². The van der Waals surface area contributed by atoms with Gasteiger partial charge in [0.05, 0.1) is 30.9 Å². The molecule has 1 N–H and O–H groups in total. The third-order valence-corrected chi connectivity index (χ3v) is 6.47. The van der Waals surface area contributed by atoms with Crippen molar-refractivity contribution in [2.24, 2.45) is 0 Å². The zero-order valence-electron chi connectivity index (χ0n) is 17.1. The number of quaternary nitrogens is 1. The van der Waals surface area contributed by atoms with Crippen molar-refractivity contribution in [1.29, 1.82) is 0 Å². The number of benzene rings is 1. The van der Waals surface area contributed by atoms with Gasteiger partial charge < -0.3 is 14.5 Å². The summed E-state index contributed by atoms with van der Waals surface area (Å²) >= 11 is 0. The molecule has 1 saturated heterocycles. The molecule has 1 amide bonds. The lowest BCUT2D eigenvalue weighted by atomic mass is 9.72. The fourth-order valence-corrected chi connectivity index (χ4v) is 4.90. The summed E-state index contributed by atoms with van der Waals surface area (Å²) in [5, 5.41) is 3.15. The summed E-state index contributed by atoms with van der Waals surface area (Å²) in [5.74, 6) is -0.333. The normalized spacial score (nSPS) is 23.6. The van der Waals surface area contributed by atoms with Crippen LogP contribution in [0.5, 0.6) is 0 Å². The number of anilines is 1. The van der Waals surface area contributed by atoms with Crippen LogP contribution < -0.4 is 5.32 Å². The molecule has 0 aromatic heterocycles. The minimum atomic E-state index is -0.394. The number of hydrogen-bond acceptors (Lipinski definition) is 3. The molecule has 148 valence electrons. The lowest BCUT2D eigenvalue weighted by molar-refractivity contribution is -0.935. The number of nitrogens with one attached hydrogen (secondary N) is 1. The molecule has 0 radical (unpaired) electrons. The number of likely N-dealkylation sites (tertiary alicyclic amines) is 1. The topological polar surface area (TPSA) is 55.4 Å². The van der Waals surface area contributed by atoms with Gasteiger partial charge in [0.15, 0.2) is 5.54 Å². The number of amides is 1. The van der Waals surface area contributed by atoms with E-state index in [2.05, 4.69) is 18.8 Å². The number of nitrogens with zero attached hydrogens (tertiary/aromatic N) is 1. The largest absolute Gasteiger partial charge is 0.462 e. The number of ether oxygens (including phenoxy) is 1. The predicted molar refractivity (Wildman–Crippen MR) is 106 cm³/mol. The van der Waals surface area contributed by atoms with Gasteiger partial charge in [-0.1, -0.05) is 6.07 Å². The maximum Gasteiger partial charge on any atom is 0.340 e. The van der Waals surface area contributed by atoms with Crippen LogP contribution in [0.15, 0.2) is 12.1 Å². The third-order valence-electron chi connectivity index (χ3n) is 6.47. The standard InChI is InChI=1S/C22H32N2O3/c1-5-24(12-7-8-13-24)22(10-9-11-22)21(26)23-19-17(4)14-16(3)15-18(19)20(25)27-6-2/h12,14-15H,5-11,13H2,1-4H3,(H,23,26). The smallest absolute Gasteiger partial charge is 0.340 e. The number of rotatable bonds is 6. The van der Waals surface area contributed by atoms with Crippen molar-refractivity contribution in [3.63, 3.8) is 0 Å². The second-order valence-electron chi connectivity index (χ2n) is 7.96. The van der Waals surface area contributed by atoms with E-state index in [0.717, 1.165) is 60.8 Å². The maximum atomic E-state index is 13.5. The Hall–Kier alpha value is -1.88. The van der Waals surface area contributed by atoms with Gasteiger partial charge >= 0.3 is 5.97 Å². The van der Waals surface area contributed by atoms with Gasteiger partial charge in [-0.3, -0.25) is 4.79 Å². The Labute approximate surface area is 162 Å². The SMILES string of the molecule is CCOC(=O)c1cc(C)cc(C)c1NC(=O)C1([N+]2(CC)[CH-]CCC2)CCC1. The van der Waals surface area contributed by atoms with E-state index in [9.17, 15) is 9.59 Å². The fourth-order valence-electron chi connectivity index (χ4n) is 4.90. The van der Waals surface area contributed by atoms with E-state index in [0.29, 0.717) is 17.9 Å². The fraction of sp³-hybridized carbons (Fsp3) is 0.591. The van der Waals surface area contributed by atoms with Crippen LogP contribution in [0.3, 0.4) is 0 Å². The Morgan fingerprint density at radius 2 is 1.96 bits per heavy atom. The summed E-state index contributed by atoms with van der Waals surface area (Å²) in [5.41, 5.74) is 2.54. The Morgan fingerprint density at radius 1 is 1.22 bits per heavy atom. The predicted octanol–water partition coefficient (Wildman–Crippen LogP) is 4.13. The molecular weight excluding hydrogens is 340 g/mol. The van der Waals surface area contributed by atoms with Crippen molar-refractivity contribution < 1.29 is 18.8 Å². The number of aryl methyl sites for hydroxylation is 2. The number of carbonyl (C=O) groups excluding carboxylic acids is 2. The molecule has 1 saturated carbocycles. The summed E-state index contributed by atoms with van der Waals surface area (Å²) in [6.45, 7) is 12.5. The number of likely N-dealkylation sites (N-methyl/N-ethyl adjacent to an activating group) is 1. The molecule has 1 atom stereocenters. The lowest BCUT2D eigenvalue weighted by Crippen LogP contribution is -2.70. The van der Waals surface area contributed by atoms with E-state index in [1.54, 1.807) is 13.0 Å². The van der Waals surface area contributed by atoms with Crippen molar-refractivity contribution in [1.82, 2.24) is 0 Å². The molecule has 0 bridgehead atoms. The average Bonchev–Trinajstić information content (AvgIpc) is 3.06.